The average Bonchev–Trinajstić information content (AvgIpc) is 2.46. The second-order valence-corrected chi connectivity index (χ2v) is 5.79. The number of pyridine rings is 1. The maximum absolute atomic E-state index is 12.4. The zero-order valence-electron chi connectivity index (χ0n) is 11.7. The Kier molecular flexibility index (Phi) is 5.20. The molecule has 3 N–H and O–H groups in total. The maximum atomic E-state index is 12.4. The molecule has 1 saturated carbocycles. The molecule has 0 atom stereocenters. The standard InChI is InChI=1S/C14H21ClN4O/c1-19(9-10-5-3-2-4-6-10)14(20)11-7-12(15)17-13(8-11)18-16/h7-8,10H,2-6,9,16H2,1H3,(H,17,18). The number of halogens is 1. The molecule has 2 rings (SSSR count). The van der Waals surface area contributed by atoms with E-state index in [9.17, 15) is 4.79 Å². The van der Waals surface area contributed by atoms with Crippen LogP contribution >= 0.6 is 11.6 Å². The number of nitrogen functional groups attached to an aromatic ring is 1. The number of amides is 1. The van der Waals surface area contributed by atoms with Gasteiger partial charge in [0.05, 0.1) is 0 Å². The number of anilines is 1. The minimum atomic E-state index is -0.0450. The summed E-state index contributed by atoms with van der Waals surface area (Å²) in [5.41, 5.74) is 2.93. The first-order chi connectivity index (χ1) is 9.60. The fourth-order valence-corrected chi connectivity index (χ4v) is 2.96. The summed E-state index contributed by atoms with van der Waals surface area (Å²) < 4.78 is 0. The molecule has 1 aromatic rings. The van der Waals surface area contributed by atoms with E-state index in [1.165, 1.54) is 32.1 Å². The molecular formula is C14H21ClN4O. The molecule has 0 unspecified atom stereocenters. The van der Waals surface area contributed by atoms with Crippen LogP contribution in [0.3, 0.4) is 0 Å². The van der Waals surface area contributed by atoms with Gasteiger partial charge in [-0.3, -0.25) is 4.79 Å². The van der Waals surface area contributed by atoms with Crippen LogP contribution in [0.2, 0.25) is 5.15 Å². The molecule has 0 aromatic carbocycles. The van der Waals surface area contributed by atoms with Gasteiger partial charge in [0, 0.05) is 19.2 Å². The van der Waals surface area contributed by atoms with Crippen LogP contribution in [0.4, 0.5) is 5.82 Å². The van der Waals surface area contributed by atoms with Gasteiger partial charge in [0.2, 0.25) is 0 Å². The van der Waals surface area contributed by atoms with Crippen LogP contribution in [0.15, 0.2) is 12.1 Å². The minimum absolute atomic E-state index is 0.0450. The van der Waals surface area contributed by atoms with E-state index >= 15 is 0 Å². The van der Waals surface area contributed by atoms with Gasteiger partial charge >= 0.3 is 0 Å². The second-order valence-electron chi connectivity index (χ2n) is 5.40. The van der Waals surface area contributed by atoms with Gasteiger partial charge in [-0.25, -0.2) is 10.8 Å². The zero-order chi connectivity index (χ0) is 14.5. The maximum Gasteiger partial charge on any atom is 0.253 e. The first kappa shape index (κ1) is 15.1. The highest BCUT2D eigenvalue weighted by Crippen LogP contribution is 2.24. The van der Waals surface area contributed by atoms with Crippen molar-refractivity contribution in [2.75, 3.05) is 19.0 Å². The summed E-state index contributed by atoms with van der Waals surface area (Å²) >= 11 is 5.89. The first-order valence-electron chi connectivity index (χ1n) is 7.00. The van der Waals surface area contributed by atoms with E-state index in [1.807, 2.05) is 7.05 Å². The van der Waals surface area contributed by atoms with Gasteiger partial charge in [-0.2, -0.15) is 0 Å². The van der Waals surface area contributed by atoms with Crippen molar-refractivity contribution in [1.29, 1.82) is 0 Å². The van der Waals surface area contributed by atoms with Crippen molar-refractivity contribution in [2.24, 2.45) is 11.8 Å². The number of aromatic nitrogens is 1. The number of carbonyl (C=O) groups excluding carboxylic acids is 1. The van der Waals surface area contributed by atoms with Crippen LogP contribution in [0.5, 0.6) is 0 Å². The van der Waals surface area contributed by atoms with Crippen molar-refractivity contribution >= 4 is 23.3 Å². The number of rotatable bonds is 4. The fourth-order valence-electron chi connectivity index (χ4n) is 2.75. The number of nitrogens with one attached hydrogen (secondary N) is 1. The van der Waals surface area contributed by atoms with E-state index in [1.54, 1.807) is 17.0 Å². The Balaban J connectivity index is 2.03. The van der Waals surface area contributed by atoms with Crippen LogP contribution in [0.1, 0.15) is 42.5 Å². The third-order valence-corrected chi connectivity index (χ3v) is 3.99. The number of hydrogen-bond acceptors (Lipinski definition) is 4. The Bertz CT molecular complexity index is 474. The van der Waals surface area contributed by atoms with Crippen LogP contribution in [-0.2, 0) is 0 Å². The number of hydrazine groups is 1. The summed E-state index contributed by atoms with van der Waals surface area (Å²) in [6, 6.07) is 3.19. The Hall–Kier alpha value is -1.33. The number of hydrogen-bond donors (Lipinski definition) is 2. The molecule has 6 heteroatoms. The Morgan fingerprint density at radius 3 is 2.80 bits per heavy atom. The normalized spacial score (nSPS) is 15.9. The molecule has 0 radical (unpaired) electrons. The molecule has 0 aliphatic heterocycles. The Labute approximate surface area is 124 Å². The SMILES string of the molecule is CN(CC1CCCCC1)C(=O)c1cc(Cl)nc(NN)c1. The van der Waals surface area contributed by atoms with Crippen LogP contribution < -0.4 is 11.3 Å². The van der Waals surface area contributed by atoms with E-state index in [0.29, 0.717) is 17.3 Å². The molecule has 0 saturated heterocycles. The lowest BCUT2D eigenvalue weighted by Gasteiger charge is -2.27. The fraction of sp³-hybridized carbons (Fsp3) is 0.571. The molecule has 20 heavy (non-hydrogen) atoms. The quantitative estimate of drug-likeness (QED) is 0.509. The van der Waals surface area contributed by atoms with Crippen molar-refractivity contribution in [2.45, 2.75) is 32.1 Å². The van der Waals surface area contributed by atoms with Gasteiger partial charge < -0.3 is 10.3 Å². The average molecular weight is 297 g/mol. The van der Waals surface area contributed by atoms with E-state index in [0.717, 1.165) is 6.54 Å². The first-order valence-corrected chi connectivity index (χ1v) is 7.37. The molecule has 1 aliphatic carbocycles. The second kappa shape index (κ2) is 6.90. The van der Waals surface area contributed by atoms with E-state index in [2.05, 4.69) is 10.4 Å². The number of carbonyl (C=O) groups is 1. The molecule has 5 nitrogen and oxygen atoms in total. The van der Waals surface area contributed by atoms with Gasteiger partial charge in [0.1, 0.15) is 11.0 Å². The Morgan fingerprint density at radius 1 is 1.45 bits per heavy atom. The van der Waals surface area contributed by atoms with Gasteiger partial charge in [-0.1, -0.05) is 30.9 Å². The summed E-state index contributed by atoms with van der Waals surface area (Å²) in [5, 5.41) is 0.259. The zero-order valence-corrected chi connectivity index (χ0v) is 12.5. The highest BCUT2D eigenvalue weighted by Gasteiger charge is 2.20. The lowest BCUT2D eigenvalue weighted by Crippen LogP contribution is -2.32. The van der Waals surface area contributed by atoms with E-state index < -0.39 is 0 Å². The lowest BCUT2D eigenvalue weighted by molar-refractivity contribution is 0.0760. The van der Waals surface area contributed by atoms with Gasteiger partial charge in [0.25, 0.3) is 5.91 Å². The summed E-state index contributed by atoms with van der Waals surface area (Å²) in [5.74, 6) is 6.28. The van der Waals surface area contributed by atoms with Gasteiger partial charge in [0.15, 0.2) is 0 Å². The highest BCUT2D eigenvalue weighted by molar-refractivity contribution is 6.29. The molecule has 0 spiro atoms. The van der Waals surface area contributed by atoms with Crippen LogP contribution in [0, 0.1) is 5.92 Å². The third kappa shape index (κ3) is 3.84. The molecule has 1 heterocycles. The monoisotopic (exact) mass is 296 g/mol. The largest absolute Gasteiger partial charge is 0.341 e. The van der Waals surface area contributed by atoms with Crippen LogP contribution in [0.25, 0.3) is 0 Å². The summed E-state index contributed by atoms with van der Waals surface area (Å²) in [6.45, 7) is 0.796. The highest BCUT2D eigenvalue weighted by atomic mass is 35.5. The van der Waals surface area contributed by atoms with Crippen molar-refractivity contribution in [3.05, 3.63) is 22.8 Å². The van der Waals surface area contributed by atoms with E-state index in [-0.39, 0.29) is 11.1 Å². The molecule has 0 bridgehead atoms. The van der Waals surface area contributed by atoms with Crippen LogP contribution in [-0.4, -0.2) is 29.4 Å². The summed E-state index contributed by atoms with van der Waals surface area (Å²) in [4.78, 5) is 18.1. The topological polar surface area (TPSA) is 71.2 Å². The molecule has 1 fully saturated rings. The molecular weight excluding hydrogens is 276 g/mol. The molecule has 1 amide bonds. The minimum Gasteiger partial charge on any atom is -0.341 e. The summed E-state index contributed by atoms with van der Waals surface area (Å²) in [7, 11) is 1.83. The van der Waals surface area contributed by atoms with Crippen molar-refractivity contribution in [3.63, 3.8) is 0 Å². The smallest absolute Gasteiger partial charge is 0.253 e. The van der Waals surface area contributed by atoms with Crippen molar-refractivity contribution in [3.8, 4) is 0 Å². The number of nitrogens with two attached hydrogens (primary N) is 1. The summed E-state index contributed by atoms with van der Waals surface area (Å²) in [6.07, 6.45) is 6.29. The molecule has 1 aromatic heterocycles. The van der Waals surface area contributed by atoms with Crippen molar-refractivity contribution < 1.29 is 4.79 Å². The predicted octanol–water partition coefficient (Wildman–Crippen LogP) is 2.67. The lowest BCUT2D eigenvalue weighted by atomic mass is 9.89. The van der Waals surface area contributed by atoms with E-state index in [4.69, 9.17) is 17.4 Å². The third-order valence-electron chi connectivity index (χ3n) is 3.79. The predicted molar refractivity (Wildman–Crippen MR) is 80.6 cm³/mol. The number of nitrogens with zero attached hydrogens (tertiary/aromatic N) is 2. The van der Waals surface area contributed by atoms with Crippen molar-refractivity contribution in [1.82, 2.24) is 9.88 Å². The Morgan fingerprint density at radius 2 is 2.15 bits per heavy atom. The van der Waals surface area contributed by atoms with Gasteiger partial charge in [-0.05, 0) is 30.9 Å². The molecule has 110 valence electrons. The molecule has 1 aliphatic rings. The van der Waals surface area contributed by atoms with Gasteiger partial charge in [-0.15, -0.1) is 0 Å².